The average Bonchev–Trinajstić information content (AvgIpc) is 2.92. The predicted octanol–water partition coefficient (Wildman–Crippen LogP) is 3.12. The molecular formula is C14H18ClNO2S. The van der Waals surface area contributed by atoms with Crippen LogP contribution in [-0.2, 0) is 9.53 Å². The molecule has 1 aliphatic heterocycles. The summed E-state index contributed by atoms with van der Waals surface area (Å²) in [7, 11) is 0. The van der Waals surface area contributed by atoms with Gasteiger partial charge in [-0.05, 0) is 37.1 Å². The van der Waals surface area contributed by atoms with E-state index in [0.717, 1.165) is 35.1 Å². The molecule has 1 amide bonds. The third-order valence-corrected chi connectivity index (χ3v) is 4.23. The zero-order valence-electron chi connectivity index (χ0n) is 10.7. The van der Waals surface area contributed by atoms with Crippen LogP contribution in [0.1, 0.15) is 19.3 Å². The van der Waals surface area contributed by atoms with E-state index < -0.39 is 0 Å². The third kappa shape index (κ3) is 5.43. The summed E-state index contributed by atoms with van der Waals surface area (Å²) in [5.41, 5.74) is 0. The van der Waals surface area contributed by atoms with Crippen LogP contribution in [-0.4, -0.2) is 30.9 Å². The Morgan fingerprint density at radius 3 is 2.89 bits per heavy atom. The fourth-order valence-electron chi connectivity index (χ4n) is 1.91. The number of amides is 1. The van der Waals surface area contributed by atoms with Gasteiger partial charge in [-0.25, -0.2) is 0 Å². The summed E-state index contributed by atoms with van der Waals surface area (Å²) >= 11 is 7.48. The fraction of sp³-hybridized carbons (Fsp3) is 0.500. The molecule has 1 aliphatic rings. The Hall–Kier alpha value is -0.710. The minimum Gasteiger partial charge on any atom is -0.376 e. The largest absolute Gasteiger partial charge is 0.376 e. The molecule has 1 heterocycles. The summed E-state index contributed by atoms with van der Waals surface area (Å²) in [6.07, 6.45) is 2.90. The molecule has 19 heavy (non-hydrogen) atoms. The summed E-state index contributed by atoms with van der Waals surface area (Å²) < 4.78 is 5.46. The highest BCUT2D eigenvalue weighted by Crippen LogP contribution is 2.20. The van der Waals surface area contributed by atoms with Gasteiger partial charge in [-0.15, -0.1) is 11.8 Å². The second-order valence-electron chi connectivity index (χ2n) is 4.49. The topological polar surface area (TPSA) is 38.3 Å². The van der Waals surface area contributed by atoms with Crippen LogP contribution >= 0.6 is 23.4 Å². The molecule has 1 aromatic rings. The van der Waals surface area contributed by atoms with E-state index >= 15 is 0 Å². The van der Waals surface area contributed by atoms with E-state index in [1.807, 2.05) is 24.3 Å². The minimum atomic E-state index is 0.0944. The number of hydrogen-bond donors (Lipinski definition) is 1. The molecule has 0 saturated carbocycles. The van der Waals surface area contributed by atoms with Crippen molar-refractivity contribution in [1.82, 2.24) is 5.32 Å². The number of carbonyl (C=O) groups is 1. The highest BCUT2D eigenvalue weighted by Gasteiger charge is 2.15. The van der Waals surface area contributed by atoms with Crippen LogP contribution in [0.5, 0.6) is 0 Å². The van der Waals surface area contributed by atoms with E-state index in [9.17, 15) is 4.79 Å². The Bertz CT molecular complexity index is 404. The first-order chi connectivity index (χ1) is 9.24. The Morgan fingerprint density at radius 2 is 2.21 bits per heavy atom. The summed E-state index contributed by atoms with van der Waals surface area (Å²) in [5.74, 6) is 0.871. The molecule has 1 fully saturated rings. The molecule has 5 heteroatoms. The predicted molar refractivity (Wildman–Crippen MR) is 78.8 cm³/mol. The lowest BCUT2D eigenvalue weighted by Gasteiger charge is -2.10. The van der Waals surface area contributed by atoms with Crippen molar-refractivity contribution in [2.45, 2.75) is 30.3 Å². The summed E-state index contributed by atoms with van der Waals surface area (Å²) in [5, 5.41) is 3.66. The van der Waals surface area contributed by atoms with Gasteiger partial charge in [0.25, 0.3) is 0 Å². The number of benzene rings is 1. The van der Waals surface area contributed by atoms with E-state index in [4.69, 9.17) is 16.3 Å². The Labute approximate surface area is 123 Å². The molecule has 0 aromatic heterocycles. The van der Waals surface area contributed by atoms with Gasteiger partial charge in [-0.2, -0.15) is 0 Å². The van der Waals surface area contributed by atoms with Gasteiger partial charge in [-0.1, -0.05) is 11.6 Å². The summed E-state index contributed by atoms with van der Waals surface area (Å²) in [4.78, 5) is 12.8. The first-order valence-electron chi connectivity index (χ1n) is 6.51. The maximum absolute atomic E-state index is 11.6. The van der Waals surface area contributed by atoms with E-state index in [1.165, 1.54) is 0 Å². The van der Waals surface area contributed by atoms with Crippen LogP contribution in [0.15, 0.2) is 29.2 Å². The first-order valence-corrected chi connectivity index (χ1v) is 7.87. The normalized spacial score (nSPS) is 18.5. The number of thioether (sulfide) groups is 1. The van der Waals surface area contributed by atoms with E-state index in [-0.39, 0.29) is 12.0 Å². The second kappa shape index (κ2) is 7.78. The molecule has 0 aliphatic carbocycles. The maximum Gasteiger partial charge on any atom is 0.220 e. The molecule has 1 saturated heterocycles. The molecule has 3 nitrogen and oxygen atoms in total. The number of rotatable bonds is 6. The highest BCUT2D eigenvalue weighted by molar-refractivity contribution is 7.99. The van der Waals surface area contributed by atoms with Gasteiger partial charge in [0.15, 0.2) is 0 Å². The molecule has 0 unspecified atom stereocenters. The molecule has 0 radical (unpaired) electrons. The molecule has 0 bridgehead atoms. The van der Waals surface area contributed by atoms with E-state index in [2.05, 4.69) is 5.32 Å². The number of halogens is 1. The zero-order valence-corrected chi connectivity index (χ0v) is 12.3. The quantitative estimate of drug-likeness (QED) is 0.820. The smallest absolute Gasteiger partial charge is 0.220 e. The Balaban J connectivity index is 1.59. The van der Waals surface area contributed by atoms with Crippen molar-refractivity contribution in [2.24, 2.45) is 0 Å². The monoisotopic (exact) mass is 299 g/mol. The van der Waals surface area contributed by atoms with Gasteiger partial charge < -0.3 is 10.1 Å². The van der Waals surface area contributed by atoms with Gasteiger partial charge >= 0.3 is 0 Å². The zero-order chi connectivity index (χ0) is 13.5. The fourth-order valence-corrected chi connectivity index (χ4v) is 2.89. The van der Waals surface area contributed by atoms with Gasteiger partial charge in [0, 0.05) is 35.2 Å². The average molecular weight is 300 g/mol. The summed E-state index contributed by atoms with van der Waals surface area (Å²) in [6.45, 7) is 1.47. The lowest BCUT2D eigenvalue weighted by molar-refractivity contribution is -0.121. The van der Waals surface area contributed by atoms with Crippen LogP contribution in [0.25, 0.3) is 0 Å². The van der Waals surface area contributed by atoms with Gasteiger partial charge in [-0.3, -0.25) is 4.79 Å². The van der Waals surface area contributed by atoms with Crippen LogP contribution in [0.3, 0.4) is 0 Å². The lowest BCUT2D eigenvalue weighted by atomic mass is 10.2. The van der Waals surface area contributed by atoms with Crippen LogP contribution < -0.4 is 5.32 Å². The van der Waals surface area contributed by atoms with Gasteiger partial charge in [0.1, 0.15) is 0 Å². The standard InChI is InChI=1S/C14H18ClNO2S/c15-11-3-5-13(6-4-11)19-9-7-14(17)16-10-12-2-1-8-18-12/h3-6,12H,1-2,7-10H2,(H,16,17)/t12-/m0/s1. The molecule has 1 atom stereocenters. The SMILES string of the molecule is O=C(CCSc1ccc(Cl)cc1)NC[C@@H]1CCCO1. The molecule has 0 spiro atoms. The number of hydrogen-bond acceptors (Lipinski definition) is 3. The molecule has 1 N–H and O–H groups in total. The Kier molecular flexibility index (Phi) is 6.01. The van der Waals surface area contributed by atoms with E-state index in [0.29, 0.717) is 13.0 Å². The van der Waals surface area contributed by atoms with Crippen molar-refractivity contribution in [3.05, 3.63) is 29.3 Å². The van der Waals surface area contributed by atoms with Gasteiger partial charge in [0.2, 0.25) is 5.91 Å². The maximum atomic E-state index is 11.6. The van der Waals surface area contributed by atoms with Crippen LogP contribution in [0.2, 0.25) is 5.02 Å². The third-order valence-electron chi connectivity index (χ3n) is 2.96. The highest BCUT2D eigenvalue weighted by atomic mass is 35.5. The molecule has 2 rings (SSSR count). The number of nitrogens with one attached hydrogen (secondary N) is 1. The number of ether oxygens (including phenoxy) is 1. The molecule has 104 valence electrons. The number of carbonyl (C=O) groups excluding carboxylic acids is 1. The van der Waals surface area contributed by atoms with Gasteiger partial charge in [0.05, 0.1) is 6.10 Å². The van der Waals surface area contributed by atoms with Crippen molar-refractivity contribution in [3.63, 3.8) is 0 Å². The van der Waals surface area contributed by atoms with Crippen molar-refractivity contribution in [2.75, 3.05) is 18.9 Å². The van der Waals surface area contributed by atoms with Crippen molar-refractivity contribution >= 4 is 29.3 Å². The first kappa shape index (κ1) is 14.7. The molecular weight excluding hydrogens is 282 g/mol. The van der Waals surface area contributed by atoms with Crippen molar-refractivity contribution < 1.29 is 9.53 Å². The van der Waals surface area contributed by atoms with Crippen molar-refractivity contribution in [3.8, 4) is 0 Å². The lowest BCUT2D eigenvalue weighted by Crippen LogP contribution is -2.31. The van der Waals surface area contributed by atoms with Crippen LogP contribution in [0, 0.1) is 0 Å². The van der Waals surface area contributed by atoms with Crippen LogP contribution in [0.4, 0.5) is 0 Å². The Morgan fingerprint density at radius 1 is 1.42 bits per heavy atom. The minimum absolute atomic E-state index is 0.0944. The molecule has 1 aromatic carbocycles. The van der Waals surface area contributed by atoms with Crippen molar-refractivity contribution in [1.29, 1.82) is 0 Å². The summed E-state index contributed by atoms with van der Waals surface area (Å²) in [6, 6.07) is 7.66. The van der Waals surface area contributed by atoms with E-state index in [1.54, 1.807) is 11.8 Å². The second-order valence-corrected chi connectivity index (χ2v) is 6.10.